The van der Waals surface area contributed by atoms with Crippen LogP contribution in [0.2, 0.25) is 0 Å². The molecule has 0 saturated heterocycles. The second-order valence-electron chi connectivity index (χ2n) is 21.2. The molecule has 0 aromatic rings. The second-order valence-corrected chi connectivity index (χ2v) is 22.6. The fourth-order valence-corrected chi connectivity index (χ4v) is 9.19. The number of likely N-dealkylation sites (N-methyl/N-ethyl adjacent to an activating group) is 1. The van der Waals surface area contributed by atoms with E-state index in [1.54, 1.807) is 0 Å². The Morgan fingerprint density at radius 1 is 0.493 bits per heavy atom. The number of rotatable bonds is 53. The van der Waals surface area contributed by atoms with Gasteiger partial charge in [-0.15, -0.1) is 0 Å². The zero-order valence-electron chi connectivity index (χ0n) is 46.3. The van der Waals surface area contributed by atoms with Crippen molar-refractivity contribution in [3.63, 3.8) is 0 Å². The van der Waals surface area contributed by atoms with E-state index in [-0.39, 0.29) is 31.5 Å². The first-order valence-corrected chi connectivity index (χ1v) is 30.8. The number of quaternary nitrogens is 1. The molecule has 0 aliphatic carbocycles. The normalized spacial score (nSPS) is 14.0. The molecule has 0 spiro atoms. The monoisotopic (exact) mass is 994 g/mol. The van der Waals surface area contributed by atoms with Gasteiger partial charge in [0.2, 0.25) is 5.91 Å². The zero-order chi connectivity index (χ0) is 50.8. The van der Waals surface area contributed by atoms with Gasteiger partial charge in [-0.3, -0.25) is 18.6 Å². The minimum Gasteiger partial charge on any atom is -0.456 e. The molecule has 0 fully saturated rings. The van der Waals surface area contributed by atoms with Crippen molar-refractivity contribution in [2.45, 2.75) is 290 Å². The highest BCUT2D eigenvalue weighted by atomic mass is 31.2. The van der Waals surface area contributed by atoms with Crippen molar-refractivity contribution in [2.75, 3.05) is 40.9 Å². The Balaban J connectivity index is 5.29. The molecule has 2 N–H and O–H groups in total. The number of nitrogens with one attached hydrogen (secondary N) is 1. The van der Waals surface area contributed by atoms with E-state index in [1.807, 2.05) is 33.3 Å². The third-order valence-electron chi connectivity index (χ3n) is 13.1. The molecule has 3 unspecified atom stereocenters. The third kappa shape index (κ3) is 51.0. The SMILES string of the molecule is CCCCCC/C=C\CCCCCCCCCC(=O)NC(COP(=O)(O)OCC[N+](C)(C)C)C(/C=C/CCCCCCCCCCC)OC(=O)CCCCCCCCC/C=C/CCCCCCCC. The van der Waals surface area contributed by atoms with E-state index in [4.69, 9.17) is 13.8 Å². The van der Waals surface area contributed by atoms with Crippen LogP contribution in [0.4, 0.5) is 0 Å². The van der Waals surface area contributed by atoms with Gasteiger partial charge in [0.1, 0.15) is 19.3 Å². The topological polar surface area (TPSA) is 111 Å². The lowest BCUT2D eigenvalue weighted by Crippen LogP contribution is -2.47. The van der Waals surface area contributed by atoms with Gasteiger partial charge in [-0.25, -0.2) is 4.57 Å². The van der Waals surface area contributed by atoms with Crippen molar-refractivity contribution in [1.29, 1.82) is 0 Å². The number of nitrogens with zero attached hydrogens (tertiary/aromatic N) is 1. The molecule has 3 atom stereocenters. The quantitative estimate of drug-likeness (QED) is 0.0205. The summed E-state index contributed by atoms with van der Waals surface area (Å²) in [5.74, 6) is -0.508. The van der Waals surface area contributed by atoms with Crippen LogP contribution >= 0.6 is 7.82 Å². The molecule has 1 amide bonds. The minimum atomic E-state index is -4.44. The number of esters is 1. The van der Waals surface area contributed by atoms with Gasteiger partial charge in [0.25, 0.3) is 0 Å². The van der Waals surface area contributed by atoms with Crippen LogP contribution in [0.1, 0.15) is 278 Å². The van der Waals surface area contributed by atoms with Crippen LogP contribution in [0, 0.1) is 0 Å². The third-order valence-corrected chi connectivity index (χ3v) is 14.0. The van der Waals surface area contributed by atoms with Crippen LogP contribution in [0.15, 0.2) is 36.5 Å². The van der Waals surface area contributed by atoms with Gasteiger partial charge >= 0.3 is 13.8 Å². The predicted molar refractivity (Wildman–Crippen MR) is 296 cm³/mol. The van der Waals surface area contributed by atoms with Crippen LogP contribution in [0.25, 0.3) is 0 Å². The number of amides is 1. The van der Waals surface area contributed by atoms with Crippen LogP contribution < -0.4 is 5.32 Å². The van der Waals surface area contributed by atoms with E-state index < -0.39 is 20.0 Å². The standard InChI is InChI=1S/C59H113N2O7P/c1-7-10-13-16-19-22-25-27-29-30-32-34-37-40-43-46-49-52-59(63)68-57(50-47-44-41-38-35-24-21-18-15-12-9-3)56(55-67-69(64,65)66-54-53-61(4,5)6)60-58(62)51-48-45-42-39-36-33-31-28-26-23-20-17-14-11-8-2/h23,26-27,29,47,50,56-57H,7-22,24-25,28,30-46,48-49,51-55H2,1-6H3,(H-,60,62,64,65)/p+1/b26-23-,29-27+,50-47+. The van der Waals surface area contributed by atoms with Gasteiger partial charge in [0, 0.05) is 12.8 Å². The second kappa shape index (κ2) is 49.8. The first-order chi connectivity index (χ1) is 33.4. The fourth-order valence-electron chi connectivity index (χ4n) is 8.46. The lowest BCUT2D eigenvalue weighted by molar-refractivity contribution is -0.870. The van der Waals surface area contributed by atoms with Crippen LogP contribution in [-0.4, -0.2) is 74.3 Å². The summed E-state index contributed by atoms with van der Waals surface area (Å²) in [7, 11) is 1.50. The molecule has 0 aliphatic heterocycles. The van der Waals surface area contributed by atoms with E-state index in [0.29, 0.717) is 17.4 Å². The van der Waals surface area contributed by atoms with Gasteiger partial charge in [0.15, 0.2) is 0 Å². The van der Waals surface area contributed by atoms with Gasteiger partial charge < -0.3 is 19.4 Å². The lowest BCUT2D eigenvalue weighted by atomic mass is 10.1. The molecule has 0 heterocycles. The molecule has 0 bridgehead atoms. The number of ether oxygens (including phenoxy) is 1. The largest absolute Gasteiger partial charge is 0.472 e. The van der Waals surface area contributed by atoms with Gasteiger partial charge in [-0.05, 0) is 83.1 Å². The van der Waals surface area contributed by atoms with E-state index in [0.717, 1.165) is 70.6 Å². The Hall–Kier alpha value is -1.77. The molecule has 0 saturated carbocycles. The molecule has 10 heteroatoms. The number of allylic oxidation sites excluding steroid dienone is 5. The summed E-state index contributed by atoms with van der Waals surface area (Å²) in [4.78, 5) is 37.6. The van der Waals surface area contributed by atoms with Crippen LogP contribution in [0.3, 0.4) is 0 Å². The van der Waals surface area contributed by atoms with Crippen molar-refractivity contribution in [3.8, 4) is 0 Å². The molecule has 406 valence electrons. The van der Waals surface area contributed by atoms with E-state index in [2.05, 4.69) is 50.4 Å². The van der Waals surface area contributed by atoms with Crippen molar-refractivity contribution >= 4 is 19.7 Å². The molecule has 69 heavy (non-hydrogen) atoms. The Labute approximate surface area is 427 Å². The highest BCUT2D eigenvalue weighted by Gasteiger charge is 2.30. The first kappa shape index (κ1) is 67.2. The average Bonchev–Trinajstić information content (AvgIpc) is 3.31. The van der Waals surface area contributed by atoms with Crippen molar-refractivity contribution in [1.82, 2.24) is 5.32 Å². The minimum absolute atomic E-state index is 0.0400. The molecule has 0 radical (unpaired) electrons. The van der Waals surface area contributed by atoms with Gasteiger partial charge in [-0.1, -0.05) is 218 Å². The number of hydrogen-bond acceptors (Lipinski definition) is 6. The zero-order valence-corrected chi connectivity index (χ0v) is 47.2. The molecule has 0 rings (SSSR count). The van der Waals surface area contributed by atoms with Crippen LogP contribution in [-0.2, 0) is 27.9 Å². The summed E-state index contributed by atoms with van der Waals surface area (Å²) in [6.07, 6.45) is 58.4. The van der Waals surface area contributed by atoms with Crippen molar-refractivity contribution in [3.05, 3.63) is 36.5 Å². The Kier molecular flexibility index (Phi) is 48.5. The molecular weight excluding hydrogens is 880 g/mol. The maximum atomic E-state index is 13.5. The number of unbranched alkanes of at least 4 members (excludes halogenated alkanes) is 33. The maximum Gasteiger partial charge on any atom is 0.472 e. The summed E-state index contributed by atoms with van der Waals surface area (Å²) < 4.78 is 30.6. The van der Waals surface area contributed by atoms with Crippen molar-refractivity contribution < 1.29 is 37.3 Å². The number of carbonyl (C=O) groups is 2. The Morgan fingerprint density at radius 2 is 0.841 bits per heavy atom. The Bertz CT molecular complexity index is 1280. The number of hydrogen-bond donors (Lipinski definition) is 2. The van der Waals surface area contributed by atoms with E-state index in [1.165, 1.54) is 173 Å². The van der Waals surface area contributed by atoms with Crippen molar-refractivity contribution in [2.24, 2.45) is 0 Å². The fraction of sp³-hybridized carbons (Fsp3) is 0.864. The molecule has 0 aliphatic rings. The Morgan fingerprint density at radius 3 is 1.25 bits per heavy atom. The molecule has 9 nitrogen and oxygen atoms in total. The summed E-state index contributed by atoms with van der Waals surface area (Å²) in [5.41, 5.74) is 0. The molecule has 0 aromatic heterocycles. The summed E-state index contributed by atoms with van der Waals surface area (Å²) in [6.45, 7) is 7.00. The highest BCUT2D eigenvalue weighted by Crippen LogP contribution is 2.43. The lowest BCUT2D eigenvalue weighted by Gasteiger charge is -2.27. The summed E-state index contributed by atoms with van der Waals surface area (Å²) in [5, 5.41) is 3.05. The van der Waals surface area contributed by atoms with Gasteiger partial charge in [0.05, 0.1) is 33.8 Å². The smallest absolute Gasteiger partial charge is 0.456 e. The van der Waals surface area contributed by atoms with Gasteiger partial charge in [-0.2, -0.15) is 0 Å². The summed E-state index contributed by atoms with van der Waals surface area (Å²) >= 11 is 0. The van der Waals surface area contributed by atoms with Crippen LogP contribution in [0.5, 0.6) is 0 Å². The average molecular weight is 995 g/mol. The predicted octanol–water partition coefficient (Wildman–Crippen LogP) is 17.6. The number of phosphoric ester groups is 1. The van der Waals surface area contributed by atoms with E-state index in [9.17, 15) is 19.0 Å². The van der Waals surface area contributed by atoms with E-state index >= 15 is 0 Å². The highest BCUT2D eigenvalue weighted by molar-refractivity contribution is 7.47. The number of carbonyl (C=O) groups excluding carboxylic acids is 2. The maximum absolute atomic E-state index is 13.5. The molecular formula is C59H114N2O7P+. The molecule has 0 aromatic carbocycles. The first-order valence-electron chi connectivity index (χ1n) is 29.3. The number of phosphoric acid groups is 1. The summed E-state index contributed by atoms with van der Waals surface area (Å²) in [6, 6.07) is -0.848.